The Morgan fingerprint density at radius 3 is 2.45 bits per heavy atom. The summed E-state index contributed by atoms with van der Waals surface area (Å²) in [5, 5.41) is 3.25. The van der Waals surface area contributed by atoms with Gasteiger partial charge in [-0.05, 0) is 33.1 Å². The molecular formula is C14H21F3N2O. The Balaban J connectivity index is 2.99. The summed E-state index contributed by atoms with van der Waals surface area (Å²) in [5.41, 5.74) is 0.520. The second kappa shape index (κ2) is 7.50. The zero-order chi connectivity index (χ0) is 15.2. The average Bonchev–Trinajstić information content (AvgIpc) is 2.33. The number of hydrogen-bond acceptors (Lipinski definition) is 3. The number of ether oxygens (including phenoxy) is 1. The lowest BCUT2D eigenvalue weighted by molar-refractivity contribution is -0.275. The summed E-state index contributed by atoms with van der Waals surface area (Å²) in [7, 11) is 3.77. The number of alkyl halides is 3. The van der Waals surface area contributed by atoms with Crippen molar-refractivity contribution in [3.8, 4) is 5.75 Å². The number of halogens is 3. The van der Waals surface area contributed by atoms with Crippen LogP contribution in [0.5, 0.6) is 5.75 Å². The highest BCUT2D eigenvalue weighted by molar-refractivity contribution is 5.36. The van der Waals surface area contributed by atoms with E-state index < -0.39 is 6.36 Å². The number of para-hydroxylation sites is 1. The number of nitrogens with zero attached hydrogens (tertiary/aromatic N) is 1. The fourth-order valence-electron chi connectivity index (χ4n) is 1.94. The number of rotatable bonds is 7. The SMILES string of the molecule is CCCNC(CN(C)C)c1ccccc1OC(F)(F)F. The fourth-order valence-corrected chi connectivity index (χ4v) is 1.94. The van der Waals surface area contributed by atoms with Crippen molar-refractivity contribution < 1.29 is 17.9 Å². The Kier molecular flexibility index (Phi) is 6.29. The van der Waals surface area contributed by atoms with E-state index in [0.717, 1.165) is 13.0 Å². The molecule has 1 aromatic carbocycles. The van der Waals surface area contributed by atoms with Gasteiger partial charge < -0.3 is 15.0 Å². The Bertz CT molecular complexity index is 408. The molecule has 0 saturated carbocycles. The van der Waals surface area contributed by atoms with Crippen LogP contribution in [0.15, 0.2) is 24.3 Å². The van der Waals surface area contributed by atoms with Crippen molar-refractivity contribution in [1.29, 1.82) is 0 Å². The van der Waals surface area contributed by atoms with Crippen molar-refractivity contribution in [1.82, 2.24) is 10.2 Å². The zero-order valence-corrected chi connectivity index (χ0v) is 12.0. The fraction of sp³-hybridized carbons (Fsp3) is 0.571. The van der Waals surface area contributed by atoms with Gasteiger partial charge in [-0.3, -0.25) is 0 Å². The van der Waals surface area contributed by atoms with E-state index >= 15 is 0 Å². The number of hydrogen-bond donors (Lipinski definition) is 1. The molecule has 0 radical (unpaired) electrons. The normalized spacial score (nSPS) is 13.6. The van der Waals surface area contributed by atoms with Gasteiger partial charge in [0.1, 0.15) is 5.75 Å². The molecule has 1 atom stereocenters. The molecule has 0 bridgehead atoms. The summed E-state index contributed by atoms with van der Waals surface area (Å²) < 4.78 is 41.5. The number of likely N-dealkylation sites (N-methyl/N-ethyl adjacent to an activating group) is 1. The Labute approximate surface area is 117 Å². The van der Waals surface area contributed by atoms with Gasteiger partial charge in [0.15, 0.2) is 0 Å². The van der Waals surface area contributed by atoms with Gasteiger partial charge in [0.25, 0.3) is 0 Å². The second-order valence-electron chi connectivity index (χ2n) is 4.85. The van der Waals surface area contributed by atoms with Crippen LogP contribution in [0.4, 0.5) is 13.2 Å². The Hall–Kier alpha value is -1.27. The summed E-state index contributed by atoms with van der Waals surface area (Å²) in [6.07, 6.45) is -3.77. The molecule has 1 aromatic rings. The van der Waals surface area contributed by atoms with E-state index in [1.807, 2.05) is 25.9 Å². The number of nitrogens with one attached hydrogen (secondary N) is 1. The predicted octanol–water partition coefficient (Wildman–Crippen LogP) is 3.19. The van der Waals surface area contributed by atoms with E-state index in [9.17, 15) is 13.2 Å². The first kappa shape index (κ1) is 16.8. The third kappa shape index (κ3) is 5.79. The maximum atomic E-state index is 12.4. The highest BCUT2D eigenvalue weighted by atomic mass is 19.4. The molecule has 1 rings (SSSR count). The van der Waals surface area contributed by atoms with Gasteiger partial charge in [-0.2, -0.15) is 0 Å². The van der Waals surface area contributed by atoms with Crippen molar-refractivity contribution in [2.75, 3.05) is 27.2 Å². The maximum absolute atomic E-state index is 12.4. The molecule has 0 saturated heterocycles. The van der Waals surface area contributed by atoms with Gasteiger partial charge in [-0.1, -0.05) is 25.1 Å². The van der Waals surface area contributed by atoms with Crippen LogP contribution in [0.3, 0.4) is 0 Å². The van der Waals surface area contributed by atoms with Gasteiger partial charge >= 0.3 is 6.36 Å². The van der Waals surface area contributed by atoms with E-state index in [-0.39, 0.29) is 11.8 Å². The molecule has 0 aromatic heterocycles. The van der Waals surface area contributed by atoms with E-state index in [2.05, 4.69) is 10.1 Å². The van der Waals surface area contributed by atoms with Crippen LogP contribution < -0.4 is 10.1 Å². The van der Waals surface area contributed by atoms with Crippen LogP contribution in [0.25, 0.3) is 0 Å². The molecular weight excluding hydrogens is 269 g/mol. The molecule has 0 spiro atoms. The molecule has 0 aliphatic heterocycles. The summed E-state index contributed by atoms with van der Waals surface area (Å²) >= 11 is 0. The molecule has 0 aliphatic rings. The highest BCUT2D eigenvalue weighted by Gasteiger charge is 2.32. The van der Waals surface area contributed by atoms with Gasteiger partial charge in [0.2, 0.25) is 0 Å². The maximum Gasteiger partial charge on any atom is 0.573 e. The Morgan fingerprint density at radius 2 is 1.90 bits per heavy atom. The minimum atomic E-state index is -4.68. The summed E-state index contributed by atoms with van der Waals surface area (Å²) in [6.45, 7) is 3.34. The van der Waals surface area contributed by atoms with E-state index in [1.165, 1.54) is 12.1 Å². The summed E-state index contributed by atoms with van der Waals surface area (Å²) in [5.74, 6) is -0.143. The lowest BCUT2D eigenvalue weighted by atomic mass is 10.0. The number of benzene rings is 1. The lowest BCUT2D eigenvalue weighted by Gasteiger charge is -2.25. The largest absolute Gasteiger partial charge is 0.573 e. The quantitative estimate of drug-likeness (QED) is 0.834. The van der Waals surface area contributed by atoms with Crippen LogP contribution in [0.2, 0.25) is 0 Å². The first-order chi connectivity index (χ1) is 9.33. The van der Waals surface area contributed by atoms with E-state index in [0.29, 0.717) is 12.1 Å². The molecule has 1 N–H and O–H groups in total. The van der Waals surface area contributed by atoms with Gasteiger partial charge in [-0.25, -0.2) is 0 Å². The van der Waals surface area contributed by atoms with Gasteiger partial charge in [-0.15, -0.1) is 13.2 Å². The van der Waals surface area contributed by atoms with Crippen molar-refractivity contribution in [2.45, 2.75) is 25.7 Å². The lowest BCUT2D eigenvalue weighted by Crippen LogP contribution is -2.32. The van der Waals surface area contributed by atoms with Crippen molar-refractivity contribution in [3.05, 3.63) is 29.8 Å². The minimum Gasteiger partial charge on any atom is -0.405 e. The molecule has 3 nitrogen and oxygen atoms in total. The smallest absolute Gasteiger partial charge is 0.405 e. The third-order valence-corrected chi connectivity index (χ3v) is 2.71. The average molecular weight is 290 g/mol. The van der Waals surface area contributed by atoms with Crippen LogP contribution >= 0.6 is 0 Å². The second-order valence-corrected chi connectivity index (χ2v) is 4.85. The van der Waals surface area contributed by atoms with Crippen molar-refractivity contribution >= 4 is 0 Å². The molecule has 1 unspecified atom stereocenters. The summed E-state index contributed by atoms with van der Waals surface area (Å²) in [4.78, 5) is 1.93. The van der Waals surface area contributed by atoms with Crippen LogP contribution in [0.1, 0.15) is 24.9 Å². The van der Waals surface area contributed by atoms with Crippen LogP contribution in [0, 0.1) is 0 Å². The van der Waals surface area contributed by atoms with Gasteiger partial charge in [0, 0.05) is 18.2 Å². The topological polar surface area (TPSA) is 24.5 Å². The third-order valence-electron chi connectivity index (χ3n) is 2.71. The Morgan fingerprint density at radius 1 is 1.25 bits per heavy atom. The molecule has 0 aliphatic carbocycles. The molecule has 114 valence electrons. The zero-order valence-electron chi connectivity index (χ0n) is 12.0. The van der Waals surface area contributed by atoms with E-state index in [1.54, 1.807) is 12.1 Å². The van der Waals surface area contributed by atoms with E-state index in [4.69, 9.17) is 0 Å². The standard InChI is InChI=1S/C14H21F3N2O/c1-4-9-18-12(10-19(2)3)11-7-5-6-8-13(11)20-14(15,16)17/h5-8,12,18H,4,9-10H2,1-3H3. The summed E-state index contributed by atoms with van der Waals surface area (Å²) in [6, 6.07) is 6.06. The van der Waals surface area contributed by atoms with Crippen LogP contribution in [-0.4, -0.2) is 38.4 Å². The predicted molar refractivity (Wildman–Crippen MR) is 72.7 cm³/mol. The first-order valence-electron chi connectivity index (χ1n) is 6.56. The highest BCUT2D eigenvalue weighted by Crippen LogP contribution is 2.30. The molecule has 0 amide bonds. The molecule has 0 fully saturated rings. The molecule has 0 heterocycles. The van der Waals surface area contributed by atoms with Gasteiger partial charge in [0.05, 0.1) is 0 Å². The monoisotopic (exact) mass is 290 g/mol. The van der Waals surface area contributed by atoms with Crippen molar-refractivity contribution in [2.24, 2.45) is 0 Å². The minimum absolute atomic E-state index is 0.143. The molecule has 20 heavy (non-hydrogen) atoms. The van der Waals surface area contributed by atoms with Crippen LogP contribution in [-0.2, 0) is 0 Å². The molecule has 6 heteroatoms. The van der Waals surface area contributed by atoms with Crippen molar-refractivity contribution in [3.63, 3.8) is 0 Å². The first-order valence-corrected chi connectivity index (χ1v) is 6.56.